The Morgan fingerprint density at radius 2 is 1.00 bits per heavy atom. The Balaban J connectivity index is 1.86. The zero-order valence-electron chi connectivity index (χ0n) is 14.1. The first-order chi connectivity index (χ1) is 11.6. The zero-order chi connectivity index (χ0) is 17.4. The summed E-state index contributed by atoms with van der Waals surface area (Å²) in [6.07, 6.45) is 2.50. The van der Waals surface area contributed by atoms with E-state index in [4.69, 9.17) is 9.47 Å². The predicted molar refractivity (Wildman–Crippen MR) is 92.1 cm³/mol. The van der Waals surface area contributed by atoms with Crippen molar-refractivity contribution in [3.8, 4) is 11.5 Å². The molecule has 2 rings (SSSR count). The number of ether oxygens (including phenoxy) is 2. The zero-order valence-corrected chi connectivity index (χ0v) is 14.1. The second-order valence-electron chi connectivity index (χ2n) is 5.44. The number of carbonyl (C=O) groups is 2. The highest BCUT2D eigenvalue weighted by molar-refractivity contribution is 5.72. The average Bonchev–Trinajstić information content (AvgIpc) is 2.62. The molecule has 0 aliphatic heterocycles. The largest absolute Gasteiger partial charge is 0.427 e. The molecule has 4 nitrogen and oxygen atoms in total. The molecule has 2 aromatic carbocycles. The standard InChI is InChI=1S/C20H22O4/c1-3-19(21)23-17-11-7-15(8-12-17)5-6-16-9-13-18(14-10-16)24-20(22)4-2/h7-14H,3-6H2,1-2H3. The molecule has 0 heterocycles. The molecule has 0 aliphatic carbocycles. The maximum absolute atomic E-state index is 11.2. The highest BCUT2D eigenvalue weighted by atomic mass is 16.5. The van der Waals surface area contributed by atoms with E-state index in [1.54, 1.807) is 13.8 Å². The van der Waals surface area contributed by atoms with E-state index in [-0.39, 0.29) is 11.9 Å². The summed E-state index contributed by atoms with van der Waals surface area (Å²) in [5, 5.41) is 0. The van der Waals surface area contributed by atoms with E-state index in [9.17, 15) is 9.59 Å². The van der Waals surface area contributed by atoms with Crippen LogP contribution in [0, 0.1) is 0 Å². The molecule has 0 atom stereocenters. The van der Waals surface area contributed by atoms with Gasteiger partial charge in [-0.05, 0) is 48.2 Å². The van der Waals surface area contributed by atoms with Crippen molar-refractivity contribution in [3.05, 3.63) is 59.7 Å². The van der Waals surface area contributed by atoms with Gasteiger partial charge in [0.25, 0.3) is 0 Å². The molecule has 0 spiro atoms. The van der Waals surface area contributed by atoms with Crippen molar-refractivity contribution in [1.29, 1.82) is 0 Å². The maximum atomic E-state index is 11.2. The van der Waals surface area contributed by atoms with E-state index >= 15 is 0 Å². The Bertz CT molecular complexity index is 610. The van der Waals surface area contributed by atoms with Crippen molar-refractivity contribution >= 4 is 11.9 Å². The van der Waals surface area contributed by atoms with Gasteiger partial charge in [-0.2, -0.15) is 0 Å². The Morgan fingerprint density at radius 3 is 1.29 bits per heavy atom. The van der Waals surface area contributed by atoms with E-state index in [1.165, 1.54) is 11.1 Å². The van der Waals surface area contributed by atoms with E-state index in [2.05, 4.69) is 0 Å². The molecule has 0 radical (unpaired) electrons. The minimum Gasteiger partial charge on any atom is -0.427 e. The molecule has 0 saturated carbocycles. The normalized spacial score (nSPS) is 10.2. The van der Waals surface area contributed by atoms with Crippen LogP contribution in [0.25, 0.3) is 0 Å². The van der Waals surface area contributed by atoms with Crippen LogP contribution in [0.5, 0.6) is 11.5 Å². The van der Waals surface area contributed by atoms with Crippen molar-refractivity contribution in [2.75, 3.05) is 0 Å². The third kappa shape index (κ3) is 5.54. The number of benzene rings is 2. The van der Waals surface area contributed by atoms with Gasteiger partial charge in [0, 0.05) is 12.8 Å². The first-order valence-corrected chi connectivity index (χ1v) is 8.20. The summed E-state index contributed by atoms with van der Waals surface area (Å²) in [5.74, 6) is 0.693. The first kappa shape index (κ1) is 17.7. The van der Waals surface area contributed by atoms with Gasteiger partial charge in [-0.15, -0.1) is 0 Å². The van der Waals surface area contributed by atoms with Gasteiger partial charge in [0.05, 0.1) is 0 Å². The monoisotopic (exact) mass is 326 g/mol. The molecule has 0 amide bonds. The third-order valence-corrected chi connectivity index (χ3v) is 3.59. The predicted octanol–water partition coefficient (Wildman–Crippen LogP) is 4.10. The summed E-state index contributed by atoms with van der Waals surface area (Å²) >= 11 is 0. The highest BCUT2D eigenvalue weighted by Crippen LogP contribution is 2.17. The summed E-state index contributed by atoms with van der Waals surface area (Å²) in [4.78, 5) is 22.5. The van der Waals surface area contributed by atoms with E-state index < -0.39 is 0 Å². The van der Waals surface area contributed by atoms with Crippen molar-refractivity contribution in [1.82, 2.24) is 0 Å². The number of rotatable bonds is 7. The van der Waals surface area contributed by atoms with Gasteiger partial charge >= 0.3 is 11.9 Å². The molecule has 0 unspecified atom stereocenters. The van der Waals surface area contributed by atoms with Crippen LogP contribution in [0.1, 0.15) is 37.8 Å². The first-order valence-electron chi connectivity index (χ1n) is 8.20. The van der Waals surface area contributed by atoms with Crippen LogP contribution >= 0.6 is 0 Å². The lowest BCUT2D eigenvalue weighted by molar-refractivity contribution is -0.134. The highest BCUT2D eigenvalue weighted by Gasteiger charge is 2.03. The topological polar surface area (TPSA) is 52.6 Å². The summed E-state index contributed by atoms with van der Waals surface area (Å²) in [6, 6.07) is 15.1. The van der Waals surface area contributed by atoms with Crippen molar-refractivity contribution < 1.29 is 19.1 Å². The smallest absolute Gasteiger partial charge is 0.310 e. The molecule has 2 aromatic rings. The molecule has 126 valence electrons. The van der Waals surface area contributed by atoms with Crippen molar-refractivity contribution in [3.63, 3.8) is 0 Å². The van der Waals surface area contributed by atoms with Gasteiger partial charge in [0.1, 0.15) is 11.5 Å². The molecular weight excluding hydrogens is 304 g/mol. The lowest BCUT2D eigenvalue weighted by atomic mass is 10.0. The molecule has 0 aromatic heterocycles. The Kier molecular flexibility index (Phi) is 6.55. The molecule has 0 aliphatic rings. The number of hydrogen-bond acceptors (Lipinski definition) is 4. The summed E-state index contributed by atoms with van der Waals surface area (Å²) in [6.45, 7) is 3.54. The number of hydrogen-bond donors (Lipinski definition) is 0. The lowest BCUT2D eigenvalue weighted by Crippen LogP contribution is -2.05. The quantitative estimate of drug-likeness (QED) is 0.568. The van der Waals surface area contributed by atoms with E-state index in [0.29, 0.717) is 24.3 Å². The van der Waals surface area contributed by atoms with Crippen molar-refractivity contribution in [2.45, 2.75) is 39.5 Å². The maximum Gasteiger partial charge on any atom is 0.310 e. The van der Waals surface area contributed by atoms with Crippen molar-refractivity contribution in [2.24, 2.45) is 0 Å². The second kappa shape index (κ2) is 8.87. The fraction of sp³-hybridized carbons (Fsp3) is 0.300. The fourth-order valence-corrected chi connectivity index (χ4v) is 2.14. The van der Waals surface area contributed by atoms with Crippen LogP contribution in [0.15, 0.2) is 48.5 Å². The average molecular weight is 326 g/mol. The molecule has 0 N–H and O–H groups in total. The Labute approximate surface area is 142 Å². The van der Waals surface area contributed by atoms with Gasteiger partial charge < -0.3 is 9.47 Å². The summed E-state index contributed by atoms with van der Waals surface area (Å²) in [7, 11) is 0. The fourth-order valence-electron chi connectivity index (χ4n) is 2.14. The lowest BCUT2D eigenvalue weighted by Gasteiger charge is -2.06. The van der Waals surface area contributed by atoms with Crippen LogP contribution in [0.4, 0.5) is 0 Å². The number of aryl methyl sites for hydroxylation is 2. The van der Waals surface area contributed by atoms with Gasteiger partial charge in [-0.1, -0.05) is 38.1 Å². The van der Waals surface area contributed by atoms with Crippen LogP contribution in [0.2, 0.25) is 0 Å². The molecular formula is C20H22O4. The molecule has 0 saturated heterocycles. The van der Waals surface area contributed by atoms with Crippen LogP contribution in [-0.2, 0) is 22.4 Å². The number of esters is 2. The Morgan fingerprint density at radius 1 is 0.667 bits per heavy atom. The van der Waals surface area contributed by atoms with Crippen LogP contribution < -0.4 is 9.47 Å². The second-order valence-corrected chi connectivity index (χ2v) is 5.44. The van der Waals surface area contributed by atoms with Crippen LogP contribution in [-0.4, -0.2) is 11.9 Å². The van der Waals surface area contributed by atoms with Gasteiger partial charge in [-0.25, -0.2) is 0 Å². The molecule has 4 heteroatoms. The Hall–Kier alpha value is -2.62. The molecule has 0 bridgehead atoms. The minimum absolute atomic E-state index is 0.230. The van der Waals surface area contributed by atoms with Gasteiger partial charge in [0.15, 0.2) is 0 Å². The third-order valence-electron chi connectivity index (χ3n) is 3.59. The van der Waals surface area contributed by atoms with E-state index in [0.717, 1.165) is 12.8 Å². The summed E-state index contributed by atoms with van der Waals surface area (Å²) in [5.41, 5.74) is 2.35. The molecule has 0 fully saturated rings. The molecule has 24 heavy (non-hydrogen) atoms. The van der Waals surface area contributed by atoms with Gasteiger partial charge in [-0.3, -0.25) is 9.59 Å². The SMILES string of the molecule is CCC(=O)Oc1ccc(CCc2ccc(OC(=O)CC)cc2)cc1. The number of carbonyl (C=O) groups excluding carboxylic acids is 2. The minimum atomic E-state index is -0.230. The van der Waals surface area contributed by atoms with Gasteiger partial charge in [0.2, 0.25) is 0 Å². The van der Waals surface area contributed by atoms with Crippen LogP contribution in [0.3, 0.4) is 0 Å². The summed E-state index contributed by atoms with van der Waals surface area (Å²) < 4.78 is 10.3. The van der Waals surface area contributed by atoms with E-state index in [1.807, 2.05) is 48.5 Å².